The largest absolute Gasteiger partial charge is 0.482 e. The number of hydrogen-bond acceptors (Lipinski definition) is 8. The molecule has 10 nitrogen and oxygen atoms in total. The number of sulfonamides is 1. The molecule has 1 aliphatic heterocycles. The summed E-state index contributed by atoms with van der Waals surface area (Å²) in [6, 6.07) is 9.46. The van der Waals surface area contributed by atoms with Gasteiger partial charge in [0.25, 0.3) is 15.9 Å². The Kier molecular flexibility index (Phi) is 4.75. The number of oxazole rings is 1. The van der Waals surface area contributed by atoms with Gasteiger partial charge in [0.1, 0.15) is 5.75 Å². The first-order valence-electron chi connectivity index (χ1n) is 9.53. The molecule has 12 heteroatoms. The minimum atomic E-state index is -3.95. The molecule has 0 radical (unpaired) electrons. The van der Waals surface area contributed by atoms with E-state index in [1.54, 1.807) is 28.5 Å². The maximum absolute atomic E-state index is 12.8. The highest BCUT2D eigenvalue weighted by molar-refractivity contribution is 7.93. The second-order valence-electron chi connectivity index (χ2n) is 6.93. The fourth-order valence-corrected chi connectivity index (χ4v) is 5.42. The van der Waals surface area contributed by atoms with Gasteiger partial charge in [-0.1, -0.05) is 0 Å². The quantitative estimate of drug-likeness (QED) is 0.456. The summed E-state index contributed by atoms with van der Waals surface area (Å²) in [5.74, 6) is -0.178. The monoisotopic (exact) mass is 472 g/mol. The van der Waals surface area contributed by atoms with Crippen LogP contribution in [-0.2, 0) is 14.8 Å². The molecule has 0 atom stereocenters. The SMILES string of the molecule is CCN1C(=O)COc2ccc(-c3csc(NS(=O)(=O)c4ccc5[nH]c(=O)oc5c4)n3)cc21. The molecule has 2 aromatic carbocycles. The van der Waals surface area contributed by atoms with Gasteiger partial charge < -0.3 is 14.1 Å². The van der Waals surface area contributed by atoms with Gasteiger partial charge in [-0.25, -0.2) is 18.2 Å². The second kappa shape index (κ2) is 7.50. The van der Waals surface area contributed by atoms with Crippen LogP contribution in [0.15, 0.2) is 55.9 Å². The minimum absolute atomic E-state index is 0.000766. The zero-order valence-electron chi connectivity index (χ0n) is 16.6. The number of hydrogen-bond donors (Lipinski definition) is 2. The lowest BCUT2D eigenvalue weighted by atomic mass is 10.1. The van der Waals surface area contributed by atoms with Crippen LogP contribution in [0.2, 0.25) is 0 Å². The van der Waals surface area contributed by atoms with Gasteiger partial charge in [0.05, 0.1) is 21.8 Å². The van der Waals surface area contributed by atoms with E-state index in [-0.39, 0.29) is 28.1 Å². The van der Waals surface area contributed by atoms with Crippen LogP contribution in [0.4, 0.5) is 10.8 Å². The number of anilines is 2. The van der Waals surface area contributed by atoms with Crippen molar-refractivity contribution in [2.75, 3.05) is 22.8 Å². The van der Waals surface area contributed by atoms with Gasteiger partial charge in [0.15, 0.2) is 17.3 Å². The Morgan fingerprint density at radius 1 is 1.22 bits per heavy atom. The molecule has 4 aromatic rings. The first kappa shape index (κ1) is 20.3. The summed E-state index contributed by atoms with van der Waals surface area (Å²) in [7, 11) is -3.95. The van der Waals surface area contributed by atoms with E-state index >= 15 is 0 Å². The van der Waals surface area contributed by atoms with E-state index in [9.17, 15) is 18.0 Å². The number of carbonyl (C=O) groups excluding carboxylic acids is 1. The molecule has 2 aromatic heterocycles. The summed E-state index contributed by atoms with van der Waals surface area (Å²) in [4.78, 5) is 31.8. The van der Waals surface area contributed by atoms with Gasteiger partial charge in [0.2, 0.25) is 0 Å². The predicted octanol–water partition coefficient (Wildman–Crippen LogP) is 2.79. The molecule has 3 heterocycles. The Morgan fingerprint density at radius 3 is 2.88 bits per heavy atom. The molecule has 32 heavy (non-hydrogen) atoms. The van der Waals surface area contributed by atoms with Crippen molar-refractivity contribution in [3.8, 4) is 17.0 Å². The highest BCUT2D eigenvalue weighted by atomic mass is 32.2. The van der Waals surface area contributed by atoms with Crippen LogP contribution in [0.3, 0.4) is 0 Å². The number of aromatic nitrogens is 2. The Hall–Kier alpha value is -3.64. The number of likely N-dealkylation sites (N-methyl/N-ethyl adjacent to an activating group) is 1. The zero-order valence-corrected chi connectivity index (χ0v) is 18.2. The number of H-pyrrole nitrogens is 1. The molecule has 164 valence electrons. The van der Waals surface area contributed by atoms with Crippen LogP contribution in [0.25, 0.3) is 22.4 Å². The number of ether oxygens (including phenoxy) is 1. The lowest BCUT2D eigenvalue weighted by molar-refractivity contribution is -0.121. The molecule has 0 fully saturated rings. The molecule has 0 bridgehead atoms. The first-order chi connectivity index (χ1) is 15.3. The zero-order chi connectivity index (χ0) is 22.5. The van der Waals surface area contributed by atoms with Crippen LogP contribution < -0.4 is 20.1 Å². The van der Waals surface area contributed by atoms with E-state index in [0.29, 0.717) is 29.2 Å². The summed E-state index contributed by atoms with van der Waals surface area (Å²) in [5, 5.41) is 1.89. The number of fused-ring (bicyclic) bond motifs is 2. The molecule has 0 unspecified atom stereocenters. The number of aromatic amines is 1. The smallest absolute Gasteiger partial charge is 0.417 e. The van der Waals surface area contributed by atoms with Gasteiger partial charge in [0, 0.05) is 23.6 Å². The van der Waals surface area contributed by atoms with E-state index in [0.717, 1.165) is 16.9 Å². The summed E-state index contributed by atoms with van der Waals surface area (Å²) >= 11 is 1.13. The average Bonchev–Trinajstić information content (AvgIpc) is 3.37. The maximum atomic E-state index is 12.8. The van der Waals surface area contributed by atoms with E-state index in [1.807, 2.05) is 6.92 Å². The topological polar surface area (TPSA) is 135 Å². The third-order valence-electron chi connectivity index (χ3n) is 4.94. The van der Waals surface area contributed by atoms with Crippen LogP contribution in [0.5, 0.6) is 5.75 Å². The van der Waals surface area contributed by atoms with Crippen LogP contribution in [0, 0.1) is 0 Å². The third-order valence-corrected chi connectivity index (χ3v) is 7.17. The Morgan fingerprint density at radius 2 is 2.06 bits per heavy atom. The van der Waals surface area contributed by atoms with Crippen molar-refractivity contribution in [1.29, 1.82) is 0 Å². The standard InChI is InChI=1S/C20H16N4O6S2/c1-2-24-15-7-11(3-6-16(15)29-9-18(24)25)14-10-31-19(21-14)23-32(27,28)12-4-5-13-17(8-12)30-20(26)22-13/h3-8,10H,2,9H2,1H3,(H,21,23)(H,22,26). The molecule has 0 aliphatic carbocycles. The first-order valence-corrected chi connectivity index (χ1v) is 11.9. The van der Waals surface area contributed by atoms with Crippen molar-refractivity contribution in [2.45, 2.75) is 11.8 Å². The van der Waals surface area contributed by atoms with Gasteiger partial charge in [-0.2, -0.15) is 0 Å². The van der Waals surface area contributed by atoms with Gasteiger partial charge in [-0.15, -0.1) is 11.3 Å². The molecule has 2 N–H and O–H groups in total. The fourth-order valence-electron chi connectivity index (χ4n) is 3.43. The minimum Gasteiger partial charge on any atom is -0.482 e. The van der Waals surface area contributed by atoms with Gasteiger partial charge >= 0.3 is 5.76 Å². The molecule has 0 spiro atoms. The highest BCUT2D eigenvalue weighted by Gasteiger charge is 2.25. The molecule has 0 saturated carbocycles. The number of thiazole rings is 1. The van der Waals surface area contributed by atoms with Gasteiger partial charge in [-0.3, -0.25) is 14.5 Å². The summed E-state index contributed by atoms with van der Waals surface area (Å²) < 4.78 is 38.4. The van der Waals surface area contributed by atoms with Crippen molar-refractivity contribution < 1.29 is 22.4 Å². The van der Waals surface area contributed by atoms with E-state index < -0.39 is 15.8 Å². The predicted molar refractivity (Wildman–Crippen MR) is 119 cm³/mol. The van der Waals surface area contributed by atoms with E-state index in [1.165, 1.54) is 18.2 Å². The fraction of sp³-hybridized carbons (Fsp3) is 0.150. The van der Waals surface area contributed by atoms with E-state index in [4.69, 9.17) is 9.15 Å². The lowest BCUT2D eigenvalue weighted by Gasteiger charge is -2.28. The van der Waals surface area contributed by atoms with Crippen molar-refractivity contribution >= 4 is 49.2 Å². The summed E-state index contributed by atoms with van der Waals surface area (Å²) in [5.41, 5.74) is 2.47. The van der Waals surface area contributed by atoms with Crippen molar-refractivity contribution in [2.24, 2.45) is 0 Å². The molecule has 0 saturated heterocycles. The number of amides is 1. The summed E-state index contributed by atoms with van der Waals surface area (Å²) in [6.07, 6.45) is 0. The summed E-state index contributed by atoms with van der Waals surface area (Å²) in [6.45, 7) is 2.39. The Labute approximate surface area is 185 Å². The van der Waals surface area contributed by atoms with Crippen molar-refractivity contribution in [1.82, 2.24) is 9.97 Å². The average molecular weight is 473 g/mol. The number of carbonyl (C=O) groups is 1. The van der Waals surface area contributed by atoms with Crippen LogP contribution in [0.1, 0.15) is 6.92 Å². The number of rotatable bonds is 5. The van der Waals surface area contributed by atoms with Gasteiger partial charge in [-0.05, 0) is 37.3 Å². The Bertz CT molecular complexity index is 1520. The van der Waals surface area contributed by atoms with Crippen molar-refractivity contribution in [3.05, 3.63) is 52.3 Å². The molecular formula is C20H16N4O6S2. The lowest BCUT2D eigenvalue weighted by Crippen LogP contribution is -2.38. The highest BCUT2D eigenvalue weighted by Crippen LogP contribution is 2.37. The number of benzene rings is 2. The van der Waals surface area contributed by atoms with Crippen LogP contribution >= 0.6 is 11.3 Å². The molecule has 1 amide bonds. The van der Waals surface area contributed by atoms with Crippen molar-refractivity contribution in [3.63, 3.8) is 0 Å². The number of nitrogens with one attached hydrogen (secondary N) is 2. The second-order valence-corrected chi connectivity index (χ2v) is 9.47. The van der Waals surface area contributed by atoms with Crippen LogP contribution in [-0.4, -0.2) is 37.4 Å². The maximum Gasteiger partial charge on any atom is 0.417 e. The number of nitrogens with zero attached hydrogens (tertiary/aromatic N) is 2. The Balaban J connectivity index is 1.43. The third kappa shape index (κ3) is 3.52. The van der Waals surface area contributed by atoms with E-state index in [2.05, 4.69) is 14.7 Å². The molecule has 1 aliphatic rings. The molecule has 5 rings (SSSR count). The normalized spacial score (nSPS) is 13.8. The molecular weight excluding hydrogens is 456 g/mol.